The summed E-state index contributed by atoms with van der Waals surface area (Å²) in [7, 11) is -1.97. The van der Waals surface area contributed by atoms with E-state index in [9.17, 15) is 4.79 Å². The van der Waals surface area contributed by atoms with Crippen molar-refractivity contribution in [3.05, 3.63) is 42.0 Å². The molecule has 0 aromatic heterocycles. The summed E-state index contributed by atoms with van der Waals surface area (Å²) < 4.78 is 31.5. The summed E-state index contributed by atoms with van der Waals surface area (Å²) in [5, 5.41) is 0.116. The fourth-order valence-corrected chi connectivity index (χ4v) is 7.15. The van der Waals surface area contributed by atoms with Gasteiger partial charge in [-0.25, -0.2) is 0 Å². The van der Waals surface area contributed by atoms with Crippen LogP contribution in [-0.2, 0) is 30.2 Å². The fourth-order valence-electron chi connectivity index (χ4n) is 6.13. The van der Waals surface area contributed by atoms with Gasteiger partial charge >= 0.3 is 0 Å². The minimum Gasteiger partial charge on any atom is -0.543 e. The quantitative estimate of drug-likeness (QED) is 0.119. The average Bonchev–Trinajstić information content (AvgIpc) is 3.25. The highest BCUT2D eigenvalue weighted by Gasteiger charge is 2.43. The van der Waals surface area contributed by atoms with Gasteiger partial charge in [0.1, 0.15) is 11.5 Å². The Balaban J connectivity index is 1.53. The topological polar surface area (TPSA) is 63.2 Å². The number of ketones is 1. The van der Waals surface area contributed by atoms with E-state index in [0.29, 0.717) is 12.8 Å². The lowest BCUT2D eigenvalue weighted by atomic mass is 9.87. The molecule has 2 heterocycles. The van der Waals surface area contributed by atoms with E-state index in [1.807, 2.05) is 0 Å². The molecule has 2 saturated heterocycles. The number of hydrogen-bond donors (Lipinski definition) is 0. The molecule has 1 aliphatic carbocycles. The van der Waals surface area contributed by atoms with Gasteiger partial charge in [0.15, 0.2) is 12.6 Å². The van der Waals surface area contributed by atoms with Crippen molar-refractivity contribution in [2.24, 2.45) is 11.8 Å². The Morgan fingerprint density at radius 3 is 2.40 bits per heavy atom. The Kier molecular flexibility index (Phi) is 12.9. The van der Waals surface area contributed by atoms with Gasteiger partial charge in [-0.1, -0.05) is 71.2 Å². The summed E-state index contributed by atoms with van der Waals surface area (Å²) in [6.07, 6.45) is 15.6. The number of carbonyl (C=O) groups excluding carboxylic acids is 1. The summed E-state index contributed by atoms with van der Waals surface area (Å²) in [6.45, 7) is 15.0. The zero-order valence-electron chi connectivity index (χ0n) is 27.8. The van der Waals surface area contributed by atoms with Crippen LogP contribution in [0.25, 0.3) is 0 Å². The largest absolute Gasteiger partial charge is 0.543 e. The summed E-state index contributed by atoms with van der Waals surface area (Å²) in [5.74, 6) is 0.981. The first-order valence-corrected chi connectivity index (χ1v) is 20.0. The van der Waals surface area contributed by atoms with E-state index in [2.05, 4.69) is 77.2 Å². The van der Waals surface area contributed by atoms with E-state index in [4.69, 9.17) is 23.4 Å². The second-order valence-corrected chi connectivity index (χ2v) is 19.1. The second-order valence-electron chi connectivity index (χ2n) is 14.4. The number of unbranched alkanes of at least 4 members (excludes halogenated alkanes) is 2. The van der Waals surface area contributed by atoms with Crippen molar-refractivity contribution in [2.75, 3.05) is 13.2 Å². The maximum atomic E-state index is 13.6. The number of Topliss-reactive ketones (excluding diaryl/α,β-unsaturated/α-hetero) is 1. The summed E-state index contributed by atoms with van der Waals surface area (Å²) in [5.41, 5.74) is 1.13. The third kappa shape index (κ3) is 10.3. The van der Waals surface area contributed by atoms with Gasteiger partial charge in [0.05, 0.1) is 12.2 Å². The first-order chi connectivity index (χ1) is 20.6. The standard InChI is InChI=1S/C36H58O6Si/c1-7-8-9-16-28(40-34-18-10-12-22-38-34)20-21-30-31(32(37)26-33(30)41-35-19-11-13-23-39-35)25-27-15-14-17-29(24-27)42-43(5,6)36(2,3)4/h14-15,17,20-21,24,28,30-31,33-35H,7-13,16,18-19,22-23,25-26H2,1-6H3/b21-20+/t28?,30-,31-,33-,34?,35?/m1/s1. The molecule has 0 bridgehead atoms. The normalized spacial score (nSPS) is 28.0. The molecular weight excluding hydrogens is 556 g/mol. The highest BCUT2D eigenvalue weighted by atomic mass is 28.4. The van der Waals surface area contributed by atoms with Crippen LogP contribution >= 0.6 is 0 Å². The van der Waals surface area contributed by atoms with E-state index in [0.717, 1.165) is 75.9 Å². The van der Waals surface area contributed by atoms with Crippen LogP contribution in [0.5, 0.6) is 5.75 Å². The molecule has 242 valence electrons. The lowest BCUT2D eigenvalue weighted by Gasteiger charge is -2.36. The van der Waals surface area contributed by atoms with E-state index in [1.165, 1.54) is 12.8 Å². The second kappa shape index (κ2) is 16.2. The molecule has 4 rings (SSSR count). The van der Waals surface area contributed by atoms with Crippen LogP contribution in [0.3, 0.4) is 0 Å². The molecule has 0 radical (unpaired) electrons. The molecule has 3 fully saturated rings. The maximum Gasteiger partial charge on any atom is 0.250 e. The minimum absolute atomic E-state index is 0.0288. The van der Waals surface area contributed by atoms with E-state index >= 15 is 0 Å². The molecule has 43 heavy (non-hydrogen) atoms. The minimum atomic E-state index is -1.97. The van der Waals surface area contributed by atoms with E-state index in [1.54, 1.807) is 0 Å². The molecule has 6 atom stereocenters. The third-order valence-corrected chi connectivity index (χ3v) is 14.2. The number of hydrogen-bond acceptors (Lipinski definition) is 6. The summed E-state index contributed by atoms with van der Waals surface area (Å²) in [4.78, 5) is 13.6. The van der Waals surface area contributed by atoms with Crippen LogP contribution in [0.2, 0.25) is 18.1 Å². The van der Waals surface area contributed by atoms with Gasteiger partial charge in [-0.2, -0.15) is 0 Å². The Bertz CT molecular complexity index is 1020. The first-order valence-electron chi connectivity index (χ1n) is 17.1. The molecule has 3 unspecified atom stereocenters. The Morgan fingerprint density at radius 1 is 1.02 bits per heavy atom. The van der Waals surface area contributed by atoms with E-state index in [-0.39, 0.29) is 47.4 Å². The van der Waals surface area contributed by atoms with Gasteiger partial charge in [0.2, 0.25) is 8.32 Å². The molecule has 0 N–H and O–H groups in total. The number of carbonyl (C=O) groups is 1. The molecule has 0 amide bonds. The van der Waals surface area contributed by atoms with Crippen molar-refractivity contribution in [3.63, 3.8) is 0 Å². The molecule has 1 aromatic rings. The summed E-state index contributed by atoms with van der Waals surface area (Å²) >= 11 is 0. The highest BCUT2D eigenvalue weighted by Crippen LogP contribution is 2.39. The molecular formula is C36H58O6Si. The predicted molar refractivity (Wildman–Crippen MR) is 175 cm³/mol. The van der Waals surface area contributed by atoms with Crippen molar-refractivity contribution < 1.29 is 28.2 Å². The third-order valence-electron chi connectivity index (χ3n) is 9.81. The lowest BCUT2D eigenvalue weighted by Crippen LogP contribution is -2.43. The van der Waals surface area contributed by atoms with Crippen molar-refractivity contribution in [3.8, 4) is 5.75 Å². The molecule has 1 saturated carbocycles. The molecule has 2 aliphatic heterocycles. The monoisotopic (exact) mass is 614 g/mol. The van der Waals surface area contributed by atoms with E-state index < -0.39 is 8.32 Å². The van der Waals surface area contributed by atoms with Gasteiger partial charge in [-0.05, 0) is 87.2 Å². The van der Waals surface area contributed by atoms with Crippen molar-refractivity contribution in [2.45, 2.75) is 148 Å². The van der Waals surface area contributed by atoms with Crippen molar-refractivity contribution in [1.29, 1.82) is 0 Å². The van der Waals surface area contributed by atoms with Crippen LogP contribution in [0, 0.1) is 11.8 Å². The molecule has 0 spiro atoms. The van der Waals surface area contributed by atoms with Gasteiger partial charge in [-0.3, -0.25) is 4.79 Å². The van der Waals surface area contributed by atoms with Crippen molar-refractivity contribution >= 4 is 14.1 Å². The van der Waals surface area contributed by atoms with Crippen LogP contribution in [0.1, 0.15) is 104 Å². The number of ether oxygens (including phenoxy) is 4. The number of rotatable bonds is 14. The van der Waals surface area contributed by atoms with Crippen LogP contribution < -0.4 is 4.43 Å². The Hall–Kier alpha value is -1.51. The van der Waals surface area contributed by atoms with Crippen molar-refractivity contribution in [1.82, 2.24) is 0 Å². The van der Waals surface area contributed by atoms with Gasteiger partial charge in [0, 0.05) is 31.5 Å². The Morgan fingerprint density at radius 2 is 1.74 bits per heavy atom. The fraction of sp³-hybridized carbons (Fsp3) is 0.750. The predicted octanol–water partition coefficient (Wildman–Crippen LogP) is 8.78. The SMILES string of the molecule is CCCCCC(/C=C/[C@H]1[C@H](OC2CCCCO2)CC(=O)[C@@H]1Cc1cccc(O[Si](C)(C)C(C)(C)C)c1)OC1CCCCO1. The molecule has 6 nitrogen and oxygen atoms in total. The highest BCUT2D eigenvalue weighted by molar-refractivity contribution is 6.74. The summed E-state index contributed by atoms with van der Waals surface area (Å²) in [6, 6.07) is 8.38. The average molecular weight is 615 g/mol. The van der Waals surface area contributed by atoms with Gasteiger partial charge in [0.25, 0.3) is 0 Å². The maximum absolute atomic E-state index is 13.6. The van der Waals surface area contributed by atoms with Crippen LogP contribution in [0.15, 0.2) is 36.4 Å². The van der Waals surface area contributed by atoms with Crippen LogP contribution in [0.4, 0.5) is 0 Å². The van der Waals surface area contributed by atoms with Gasteiger partial charge < -0.3 is 23.4 Å². The lowest BCUT2D eigenvalue weighted by molar-refractivity contribution is -0.192. The first kappa shape index (κ1) is 34.4. The zero-order valence-corrected chi connectivity index (χ0v) is 28.8. The molecule has 3 aliphatic rings. The molecule has 1 aromatic carbocycles. The number of benzene rings is 1. The Labute approximate surface area is 262 Å². The van der Waals surface area contributed by atoms with Gasteiger partial charge in [-0.15, -0.1) is 0 Å². The van der Waals surface area contributed by atoms with Crippen LogP contribution in [-0.4, -0.2) is 52.1 Å². The smallest absolute Gasteiger partial charge is 0.250 e. The zero-order chi connectivity index (χ0) is 30.9. The molecule has 7 heteroatoms.